The van der Waals surface area contributed by atoms with E-state index in [0.29, 0.717) is 10.0 Å². The number of halogens is 2. The quantitative estimate of drug-likeness (QED) is 0.765. The maximum absolute atomic E-state index is 14.1. The van der Waals surface area contributed by atoms with Gasteiger partial charge in [-0.05, 0) is 29.1 Å². The summed E-state index contributed by atoms with van der Waals surface area (Å²) in [6.07, 6.45) is 3.50. The Morgan fingerprint density at radius 1 is 1.10 bits per heavy atom. The molecule has 0 saturated heterocycles. The molecule has 0 aliphatic heterocycles. The Bertz CT molecular complexity index is 748. The molecule has 0 aliphatic rings. The van der Waals surface area contributed by atoms with E-state index in [1.807, 2.05) is 24.3 Å². The van der Waals surface area contributed by atoms with Gasteiger partial charge in [-0.3, -0.25) is 4.98 Å². The van der Waals surface area contributed by atoms with Crippen molar-refractivity contribution in [2.75, 3.05) is 0 Å². The predicted molar refractivity (Wildman–Crippen MR) is 81.9 cm³/mol. The van der Waals surface area contributed by atoms with Crippen molar-refractivity contribution < 1.29 is 4.39 Å². The number of pyridine rings is 1. The third-order valence-corrected chi connectivity index (χ3v) is 4.05. The van der Waals surface area contributed by atoms with E-state index in [0.717, 1.165) is 16.3 Å². The van der Waals surface area contributed by atoms with E-state index in [1.165, 1.54) is 6.07 Å². The number of aromatic nitrogens is 1. The fourth-order valence-electron chi connectivity index (χ4n) is 2.37. The lowest BCUT2D eigenvalue weighted by Gasteiger charge is -2.17. The number of fused-ring (bicyclic) bond motifs is 1. The summed E-state index contributed by atoms with van der Waals surface area (Å²) in [6.45, 7) is 0. The van der Waals surface area contributed by atoms with E-state index < -0.39 is 6.04 Å². The number of hydrogen-bond donors (Lipinski definition) is 1. The molecule has 3 aromatic rings. The van der Waals surface area contributed by atoms with Gasteiger partial charge in [0.15, 0.2) is 0 Å². The lowest BCUT2D eigenvalue weighted by molar-refractivity contribution is 0.598. The van der Waals surface area contributed by atoms with Crippen LogP contribution in [0.3, 0.4) is 0 Å². The molecule has 0 amide bonds. The van der Waals surface area contributed by atoms with E-state index in [9.17, 15) is 4.39 Å². The largest absolute Gasteiger partial charge is 0.320 e. The Morgan fingerprint density at radius 2 is 1.90 bits per heavy atom. The lowest BCUT2D eigenvalue weighted by atomic mass is 9.95. The number of benzene rings is 2. The van der Waals surface area contributed by atoms with Crippen molar-refractivity contribution in [2.24, 2.45) is 5.73 Å². The minimum atomic E-state index is -0.543. The maximum atomic E-state index is 14.1. The number of nitrogens with two attached hydrogens (primary N) is 1. The zero-order chi connectivity index (χ0) is 14.1. The van der Waals surface area contributed by atoms with E-state index in [1.54, 1.807) is 24.5 Å². The van der Waals surface area contributed by atoms with Crippen molar-refractivity contribution >= 4 is 26.7 Å². The maximum Gasteiger partial charge on any atom is 0.129 e. The van der Waals surface area contributed by atoms with Gasteiger partial charge in [-0.2, -0.15) is 0 Å². The van der Waals surface area contributed by atoms with Crippen molar-refractivity contribution in [2.45, 2.75) is 6.04 Å². The molecule has 2 aromatic carbocycles. The summed E-state index contributed by atoms with van der Waals surface area (Å²) in [7, 11) is 0. The molecule has 2 nitrogen and oxygen atoms in total. The molecule has 2 N–H and O–H groups in total. The van der Waals surface area contributed by atoms with Gasteiger partial charge in [0.1, 0.15) is 5.82 Å². The van der Waals surface area contributed by atoms with Gasteiger partial charge in [-0.25, -0.2) is 4.39 Å². The highest BCUT2D eigenvalue weighted by molar-refractivity contribution is 9.10. The average molecular weight is 331 g/mol. The Labute approximate surface area is 124 Å². The molecule has 0 fully saturated rings. The normalized spacial score (nSPS) is 12.6. The van der Waals surface area contributed by atoms with E-state index >= 15 is 0 Å². The standard InChI is InChI=1S/C16H12BrFN2/c17-13-5-2-6-14(18)15(13)16(19)11-4-1-3-10-7-8-20-9-12(10)11/h1-9,16H,19H2. The molecule has 1 atom stereocenters. The number of hydrogen-bond acceptors (Lipinski definition) is 2. The van der Waals surface area contributed by atoms with Crippen LogP contribution < -0.4 is 5.73 Å². The molecule has 3 rings (SSSR count). The minimum Gasteiger partial charge on any atom is -0.320 e. The summed E-state index contributed by atoms with van der Waals surface area (Å²) >= 11 is 3.37. The van der Waals surface area contributed by atoms with Gasteiger partial charge in [-0.1, -0.05) is 40.2 Å². The molecule has 0 spiro atoms. The van der Waals surface area contributed by atoms with Crippen molar-refractivity contribution in [3.8, 4) is 0 Å². The molecular formula is C16H12BrFN2. The first kappa shape index (κ1) is 13.2. The van der Waals surface area contributed by atoms with Crippen LogP contribution in [0.25, 0.3) is 10.8 Å². The summed E-state index contributed by atoms with van der Waals surface area (Å²) < 4.78 is 14.7. The van der Waals surface area contributed by atoms with Gasteiger partial charge in [0.05, 0.1) is 6.04 Å². The van der Waals surface area contributed by atoms with E-state index in [-0.39, 0.29) is 5.82 Å². The predicted octanol–water partition coefficient (Wildman–Crippen LogP) is 4.18. The minimum absolute atomic E-state index is 0.312. The smallest absolute Gasteiger partial charge is 0.129 e. The molecule has 4 heteroatoms. The van der Waals surface area contributed by atoms with Crippen molar-refractivity contribution in [3.05, 3.63) is 76.3 Å². The third-order valence-electron chi connectivity index (χ3n) is 3.36. The van der Waals surface area contributed by atoms with Gasteiger partial charge < -0.3 is 5.73 Å². The Kier molecular flexibility index (Phi) is 3.51. The zero-order valence-electron chi connectivity index (χ0n) is 10.6. The molecular weight excluding hydrogens is 319 g/mol. The van der Waals surface area contributed by atoms with Crippen LogP contribution in [0, 0.1) is 5.82 Å². The molecule has 1 unspecified atom stereocenters. The highest BCUT2D eigenvalue weighted by atomic mass is 79.9. The van der Waals surface area contributed by atoms with Crippen LogP contribution in [-0.2, 0) is 0 Å². The van der Waals surface area contributed by atoms with Crippen LogP contribution in [-0.4, -0.2) is 4.98 Å². The molecule has 0 radical (unpaired) electrons. The van der Waals surface area contributed by atoms with Gasteiger partial charge in [0, 0.05) is 27.8 Å². The molecule has 1 heterocycles. The average Bonchev–Trinajstić information content (AvgIpc) is 2.46. The van der Waals surface area contributed by atoms with E-state index in [2.05, 4.69) is 20.9 Å². The van der Waals surface area contributed by atoms with Crippen molar-refractivity contribution in [1.82, 2.24) is 4.98 Å². The molecule has 1 aromatic heterocycles. The van der Waals surface area contributed by atoms with Crippen LogP contribution >= 0.6 is 15.9 Å². The first-order valence-electron chi connectivity index (χ1n) is 6.20. The topological polar surface area (TPSA) is 38.9 Å². The Balaban J connectivity index is 2.21. The summed E-state index contributed by atoms with van der Waals surface area (Å²) in [5.74, 6) is -0.312. The Hall–Kier alpha value is -1.78. The monoisotopic (exact) mass is 330 g/mol. The highest BCUT2D eigenvalue weighted by Crippen LogP contribution is 2.32. The highest BCUT2D eigenvalue weighted by Gasteiger charge is 2.18. The fourth-order valence-corrected chi connectivity index (χ4v) is 2.96. The van der Waals surface area contributed by atoms with Crippen molar-refractivity contribution in [1.29, 1.82) is 0 Å². The fraction of sp³-hybridized carbons (Fsp3) is 0.0625. The van der Waals surface area contributed by atoms with Crippen molar-refractivity contribution in [3.63, 3.8) is 0 Å². The lowest BCUT2D eigenvalue weighted by Crippen LogP contribution is -2.14. The first-order chi connectivity index (χ1) is 9.68. The molecule has 0 aliphatic carbocycles. The summed E-state index contributed by atoms with van der Waals surface area (Å²) in [5, 5.41) is 1.98. The molecule has 20 heavy (non-hydrogen) atoms. The SMILES string of the molecule is NC(c1c(F)cccc1Br)c1cccc2ccncc12. The first-order valence-corrected chi connectivity index (χ1v) is 7.00. The van der Waals surface area contributed by atoms with Gasteiger partial charge in [0.25, 0.3) is 0 Å². The second-order valence-corrected chi connectivity index (χ2v) is 5.41. The van der Waals surface area contributed by atoms with Crippen LogP contribution in [0.15, 0.2) is 59.3 Å². The number of nitrogens with zero attached hydrogens (tertiary/aromatic N) is 1. The second-order valence-electron chi connectivity index (χ2n) is 4.56. The molecule has 0 saturated carbocycles. The number of rotatable bonds is 2. The summed E-state index contributed by atoms with van der Waals surface area (Å²) in [5.41, 5.74) is 7.61. The zero-order valence-corrected chi connectivity index (χ0v) is 12.1. The van der Waals surface area contributed by atoms with Crippen LogP contribution in [0.2, 0.25) is 0 Å². The summed E-state index contributed by atoms with van der Waals surface area (Å²) in [4.78, 5) is 4.13. The molecule has 0 bridgehead atoms. The molecule has 100 valence electrons. The summed E-state index contributed by atoms with van der Waals surface area (Å²) in [6, 6.07) is 12.1. The van der Waals surface area contributed by atoms with E-state index in [4.69, 9.17) is 5.73 Å². The third kappa shape index (κ3) is 2.21. The van der Waals surface area contributed by atoms with Crippen LogP contribution in [0.4, 0.5) is 4.39 Å². The van der Waals surface area contributed by atoms with Gasteiger partial charge >= 0.3 is 0 Å². The second kappa shape index (κ2) is 5.31. The van der Waals surface area contributed by atoms with Crippen LogP contribution in [0.5, 0.6) is 0 Å². The van der Waals surface area contributed by atoms with Crippen LogP contribution in [0.1, 0.15) is 17.2 Å². The Morgan fingerprint density at radius 3 is 2.70 bits per heavy atom. The van der Waals surface area contributed by atoms with Gasteiger partial charge in [-0.15, -0.1) is 0 Å². The van der Waals surface area contributed by atoms with Gasteiger partial charge in [0.2, 0.25) is 0 Å².